The number of anilines is 1. The minimum absolute atomic E-state index is 0.0292. The van der Waals surface area contributed by atoms with Crippen LogP contribution in [0.5, 0.6) is 5.75 Å². The zero-order chi connectivity index (χ0) is 15.4. The summed E-state index contributed by atoms with van der Waals surface area (Å²) in [6.07, 6.45) is 0. The van der Waals surface area contributed by atoms with E-state index in [0.717, 1.165) is 0 Å². The van der Waals surface area contributed by atoms with Gasteiger partial charge in [0, 0.05) is 11.6 Å². The van der Waals surface area contributed by atoms with Gasteiger partial charge in [-0.05, 0) is 31.2 Å². The second-order valence-electron chi connectivity index (χ2n) is 4.39. The number of nitro benzene ring substituents is 1. The number of amides is 1. The molecule has 0 aromatic heterocycles. The molecule has 0 aliphatic carbocycles. The quantitative estimate of drug-likeness (QED) is 0.691. The summed E-state index contributed by atoms with van der Waals surface area (Å²) in [5.74, 6) is 0.218. The van der Waals surface area contributed by atoms with Crippen molar-refractivity contribution in [3.05, 3.63) is 63.7 Å². The van der Waals surface area contributed by atoms with Crippen molar-refractivity contribution >= 4 is 17.3 Å². The molecule has 0 radical (unpaired) electrons. The summed E-state index contributed by atoms with van der Waals surface area (Å²) in [5.41, 5.74) is 1.22. The molecule has 1 amide bonds. The minimum Gasteiger partial charge on any atom is -0.497 e. The van der Waals surface area contributed by atoms with E-state index in [-0.39, 0.29) is 11.6 Å². The van der Waals surface area contributed by atoms with E-state index in [1.807, 2.05) is 0 Å². The predicted octanol–water partition coefficient (Wildman–Crippen LogP) is 3.16. The number of nitrogens with one attached hydrogen (secondary N) is 1. The molecule has 0 unspecified atom stereocenters. The van der Waals surface area contributed by atoms with Gasteiger partial charge in [-0.1, -0.05) is 12.1 Å². The van der Waals surface area contributed by atoms with Crippen LogP contribution in [0.1, 0.15) is 15.9 Å². The van der Waals surface area contributed by atoms with Crippen LogP contribution >= 0.6 is 0 Å². The van der Waals surface area contributed by atoms with Crippen LogP contribution in [-0.2, 0) is 0 Å². The van der Waals surface area contributed by atoms with Crippen LogP contribution < -0.4 is 10.1 Å². The Labute approximate surface area is 121 Å². The fraction of sp³-hybridized carbons (Fsp3) is 0.133. The minimum atomic E-state index is -0.476. The molecule has 0 saturated carbocycles. The standard InChI is InChI=1S/C15H14N2O4/c1-10-13(7-4-8-14(10)17(19)20)16-15(18)11-5-3-6-12(9-11)21-2/h3-9H,1-2H3,(H,16,18). The van der Waals surface area contributed by atoms with Gasteiger partial charge in [-0.3, -0.25) is 14.9 Å². The summed E-state index contributed by atoms with van der Waals surface area (Å²) in [7, 11) is 1.52. The Bertz CT molecular complexity index is 698. The fourth-order valence-electron chi connectivity index (χ4n) is 1.92. The number of carbonyl (C=O) groups excluding carboxylic acids is 1. The van der Waals surface area contributed by atoms with E-state index in [4.69, 9.17) is 4.74 Å². The SMILES string of the molecule is COc1cccc(C(=O)Nc2cccc([N+](=O)[O-])c2C)c1. The van der Waals surface area contributed by atoms with Crippen LogP contribution in [0.3, 0.4) is 0 Å². The van der Waals surface area contributed by atoms with Gasteiger partial charge in [0.25, 0.3) is 11.6 Å². The zero-order valence-corrected chi connectivity index (χ0v) is 11.6. The number of nitro groups is 1. The maximum Gasteiger partial charge on any atom is 0.274 e. The molecule has 0 spiro atoms. The van der Waals surface area contributed by atoms with Crippen LogP contribution in [0.4, 0.5) is 11.4 Å². The van der Waals surface area contributed by atoms with Crippen LogP contribution in [0, 0.1) is 17.0 Å². The van der Waals surface area contributed by atoms with E-state index >= 15 is 0 Å². The van der Waals surface area contributed by atoms with Gasteiger partial charge in [0.15, 0.2) is 0 Å². The highest BCUT2D eigenvalue weighted by molar-refractivity contribution is 6.05. The molecule has 0 saturated heterocycles. The highest BCUT2D eigenvalue weighted by Gasteiger charge is 2.15. The summed E-state index contributed by atoms with van der Waals surface area (Å²) in [6, 6.07) is 11.2. The average molecular weight is 286 g/mol. The lowest BCUT2D eigenvalue weighted by Crippen LogP contribution is -2.13. The van der Waals surface area contributed by atoms with Gasteiger partial charge in [0.1, 0.15) is 5.75 Å². The Hall–Kier alpha value is -2.89. The Kier molecular flexibility index (Phi) is 4.18. The smallest absolute Gasteiger partial charge is 0.274 e. The third-order valence-corrected chi connectivity index (χ3v) is 3.08. The molecule has 2 aromatic carbocycles. The van der Waals surface area contributed by atoms with Gasteiger partial charge in [-0.25, -0.2) is 0 Å². The van der Waals surface area contributed by atoms with E-state index in [9.17, 15) is 14.9 Å². The first-order valence-corrected chi connectivity index (χ1v) is 6.22. The van der Waals surface area contributed by atoms with Gasteiger partial charge < -0.3 is 10.1 Å². The Morgan fingerprint density at radius 1 is 1.24 bits per heavy atom. The first kappa shape index (κ1) is 14.5. The van der Waals surface area contributed by atoms with Crippen molar-refractivity contribution in [2.24, 2.45) is 0 Å². The molecule has 1 N–H and O–H groups in total. The third kappa shape index (κ3) is 3.17. The van der Waals surface area contributed by atoms with E-state index in [1.165, 1.54) is 19.2 Å². The number of methoxy groups -OCH3 is 1. The normalized spacial score (nSPS) is 10.0. The topological polar surface area (TPSA) is 81.5 Å². The molecule has 0 heterocycles. The Morgan fingerprint density at radius 2 is 1.95 bits per heavy atom. The third-order valence-electron chi connectivity index (χ3n) is 3.08. The van der Waals surface area contributed by atoms with Crippen molar-refractivity contribution in [2.45, 2.75) is 6.92 Å². The molecule has 0 atom stereocenters. The van der Waals surface area contributed by atoms with E-state index in [1.54, 1.807) is 37.3 Å². The molecule has 2 rings (SSSR count). The number of carbonyl (C=O) groups is 1. The van der Waals surface area contributed by atoms with E-state index in [2.05, 4.69) is 5.32 Å². The van der Waals surface area contributed by atoms with Gasteiger partial charge in [-0.2, -0.15) is 0 Å². The van der Waals surface area contributed by atoms with Crippen molar-refractivity contribution in [3.8, 4) is 5.75 Å². The number of hydrogen-bond donors (Lipinski definition) is 1. The first-order chi connectivity index (χ1) is 10.0. The Balaban J connectivity index is 2.27. The summed E-state index contributed by atoms with van der Waals surface area (Å²) in [6.45, 7) is 1.60. The van der Waals surface area contributed by atoms with Crippen LogP contribution in [0.15, 0.2) is 42.5 Å². The van der Waals surface area contributed by atoms with Gasteiger partial charge in [0.2, 0.25) is 0 Å². The van der Waals surface area contributed by atoms with Crippen molar-refractivity contribution in [3.63, 3.8) is 0 Å². The molecule has 2 aromatic rings. The molecular weight excluding hydrogens is 272 g/mol. The zero-order valence-electron chi connectivity index (χ0n) is 11.6. The second kappa shape index (κ2) is 6.04. The summed E-state index contributed by atoms with van der Waals surface area (Å²) in [5, 5.41) is 13.6. The van der Waals surface area contributed by atoms with Crippen molar-refractivity contribution < 1.29 is 14.5 Å². The van der Waals surface area contributed by atoms with E-state index < -0.39 is 4.92 Å². The summed E-state index contributed by atoms with van der Waals surface area (Å²) >= 11 is 0. The molecule has 6 nitrogen and oxygen atoms in total. The van der Waals surface area contributed by atoms with Crippen LogP contribution in [0.25, 0.3) is 0 Å². The molecule has 108 valence electrons. The lowest BCUT2D eigenvalue weighted by atomic mass is 10.1. The van der Waals surface area contributed by atoms with Crippen molar-refractivity contribution in [1.82, 2.24) is 0 Å². The average Bonchev–Trinajstić information content (AvgIpc) is 2.49. The molecule has 0 fully saturated rings. The molecule has 6 heteroatoms. The van der Waals surface area contributed by atoms with Crippen molar-refractivity contribution in [1.29, 1.82) is 0 Å². The summed E-state index contributed by atoms with van der Waals surface area (Å²) in [4.78, 5) is 22.6. The van der Waals surface area contributed by atoms with Gasteiger partial charge in [-0.15, -0.1) is 0 Å². The molecule has 0 aliphatic rings. The van der Waals surface area contributed by atoms with E-state index in [0.29, 0.717) is 22.6 Å². The maximum absolute atomic E-state index is 12.2. The number of nitrogens with zero attached hydrogens (tertiary/aromatic N) is 1. The number of rotatable bonds is 4. The largest absolute Gasteiger partial charge is 0.497 e. The maximum atomic E-state index is 12.2. The second-order valence-corrected chi connectivity index (χ2v) is 4.39. The lowest BCUT2D eigenvalue weighted by molar-refractivity contribution is -0.385. The fourth-order valence-corrected chi connectivity index (χ4v) is 1.92. The van der Waals surface area contributed by atoms with Crippen LogP contribution in [0.2, 0.25) is 0 Å². The van der Waals surface area contributed by atoms with Crippen molar-refractivity contribution in [2.75, 3.05) is 12.4 Å². The van der Waals surface area contributed by atoms with Gasteiger partial charge in [0.05, 0.1) is 23.3 Å². The molecule has 21 heavy (non-hydrogen) atoms. The molecular formula is C15H14N2O4. The molecule has 0 aliphatic heterocycles. The number of benzene rings is 2. The number of ether oxygens (including phenoxy) is 1. The highest BCUT2D eigenvalue weighted by Crippen LogP contribution is 2.25. The lowest BCUT2D eigenvalue weighted by Gasteiger charge is -2.09. The first-order valence-electron chi connectivity index (χ1n) is 6.22. The Morgan fingerprint density at radius 3 is 2.62 bits per heavy atom. The summed E-state index contributed by atoms with van der Waals surface area (Å²) < 4.78 is 5.06. The predicted molar refractivity (Wildman–Crippen MR) is 78.8 cm³/mol. The number of hydrogen-bond acceptors (Lipinski definition) is 4. The highest BCUT2D eigenvalue weighted by atomic mass is 16.6. The molecule has 0 bridgehead atoms. The van der Waals surface area contributed by atoms with Crippen LogP contribution in [-0.4, -0.2) is 17.9 Å². The monoisotopic (exact) mass is 286 g/mol. The van der Waals surface area contributed by atoms with Gasteiger partial charge >= 0.3 is 0 Å².